The van der Waals surface area contributed by atoms with Crippen molar-refractivity contribution in [1.29, 1.82) is 0 Å². The highest BCUT2D eigenvalue weighted by atomic mass is 35.5. The van der Waals surface area contributed by atoms with E-state index in [-0.39, 0.29) is 0 Å². The van der Waals surface area contributed by atoms with E-state index in [4.69, 9.17) is 16.3 Å². The van der Waals surface area contributed by atoms with Gasteiger partial charge in [0.25, 0.3) is 0 Å². The van der Waals surface area contributed by atoms with Crippen LogP contribution in [0.1, 0.15) is 12.6 Å². The maximum absolute atomic E-state index is 5.99. The molecule has 17 heavy (non-hydrogen) atoms. The van der Waals surface area contributed by atoms with Gasteiger partial charge in [-0.05, 0) is 19.1 Å². The van der Waals surface area contributed by atoms with Crippen LogP contribution in [0.15, 0.2) is 24.3 Å². The molecule has 0 radical (unpaired) electrons. The summed E-state index contributed by atoms with van der Waals surface area (Å²) in [6.45, 7) is 3.23. The van der Waals surface area contributed by atoms with Crippen molar-refractivity contribution in [2.45, 2.75) is 13.5 Å². The molecule has 2 rings (SSSR count). The number of nitrogens with zero attached hydrogens (tertiary/aromatic N) is 2. The van der Waals surface area contributed by atoms with Gasteiger partial charge in [0.2, 0.25) is 0 Å². The predicted octanol–water partition coefficient (Wildman–Crippen LogP) is 3.20. The zero-order chi connectivity index (χ0) is 12.1. The molecule has 1 aromatic carbocycles. The Labute approximate surface area is 109 Å². The van der Waals surface area contributed by atoms with Gasteiger partial charge in [-0.2, -0.15) is 0 Å². The Hall–Kier alpha value is -1.33. The minimum Gasteiger partial charge on any atom is -0.486 e. The molecule has 1 aromatic heterocycles. The molecule has 6 heteroatoms. The van der Waals surface area contributed by atoms with E-state index in [1.165, 1.54) is 11.5 Å². The highest BCUT2D eigenvalue weighted by molar-refractivity contribution is 7.10. The molecule has 4 nitrogen and oxygen atoms in total. The summed E-state index contributed by atoms with van der Waals surface area (Å²) in [5.74, 6) is 0.657. The van der Waals surface area contributed by atoms with Crippen molar-refractivity contribution in [3.63, 3.8) is 0 Å². The second kappa shape index (κ2) is 5.84. The van der Waals surface area contributed by atoms with Gasteiger partial charge in [0.15, 0.2) is 0 Å². The summed E-state index contributed by atoms with van der Waals surface area (Å²) in [4.78, 5) is 0. The molecule has 0 saturated heterocycles. The molecular weight excluding hydrogens is 258 g/mol. The fourth-order valence-electron chi connectivity index (χ4n) is 1.31. The fourth-order valence-corrected chi connectivity index (χ4v) is 2.13. The molecule has 0 atom stereocenters. The van der Waals surface area contributed by atoms with E-state index in [0.29, 0.717) is 17.4 Å². The van der Waals surface area contributed by atoms with Gasteiger partial charge in [-0.25, -0.2) is 0 Å². The average molecular weight is 270 g/mol. The van der Waals surface area contributed by atoms with Crippen molar-refractivity contribution < 1.29 is 4.74 Å². The predicted molar refractivity (Wildman–Crippen MR) is 69.9 cm³/mol. The number of para-hydroxylation sites is 1. The Bertz CT molecular complexity index is 489. The first-order chi connectivity index (χ1) is 8.31. The Morgan fingerprint density at radius 2 is 2.24 bits per heavy atom. The third kappa shape index (κ3) is 3.08. The van der Waals surface area contributed by atoms with Crippen LogP contribution in [0, 0.1) is 0 Å². The summed E-state index contributed by atoms with van der Waals surface area (Å²) in [6, 6.07) is 7.37. The smallest absolute Gasteiger partial charge is 0.138 e. The minimum absolute atomic E-state index is 0.364. The number of nitrogens with one attached hydrogen (secondary N) is 1. The van der Waals surface area contributed by atoms with Crippen LogP contribution in [-0.4, -0.2) is 16.1 Å². The normalized spacial score (nSPS) is 10.2. The third-order valence-corrected chi connectivity index (χ3v) is 3.13. The topological polar surface area (TPSA) is 47.0 Å². The lowest BCUT2D eigenvalue weighted by atomic mass is 10.3. The van der Waals surface area contributed by atoms with Gasteiger partial charge >= 0.3 is 0 Å². The van der Waals surface area contributed by atoms with Crippen LogP contribution < -0.4 is 10.1 Å². The van der Waals surface area contributed by atoms with Crippen LogP contribution in [0.2, 0.25) is 5.02 Å². The zero-order valence-electron chi connectivity index (χ0n) is 9.31. The number of hydrogen-bond acceptors (Lipinski definition) is 5. The number of rotatable bonds is 5. The van der Waals surface area contributed by atoms with Crippen molar-refractivity contribution in [3.8, 4) is 5.75 Å². The van der Waals surface area contributed by atoms with Crippen molar-refractivity contribution in [2.75, 3.05) is 11.9 Å². The van der Waals surface area contributed by atoms with Gasteiger partial charge in [-0.1, -0.05) is 28.2 Å². The average Bonchev–Trinajstić information content (AvgIpc) is 2.76. The highest BCUT2D eigenvalue weighted by Gasteiger charge is 2.08. The number of halogens is 1. The molecule has 0 aliphatic carbocycles. The zero-order valence-corrected chi connectivity index (χ0v) is 10.9. The molecule has 0 bridgehead atoms. The van der Waals surface area contributed by atoms with Gasteiger partial charge in [0.05, 0.1) is 5.02 Å². The van der Waals surface area contributed by atoms with Crippen LogP contribution in [0.4, 0.5) is 5.00 Å². The molecule has 0 amide bonds. The molecule has 1 N–H and O–H groups in total. The van der Waals surface area contributed by atoms with E-state index >= 15 is 0 Å². The first kappa shape index (κ1) is 12.1. The summed E-state index contributed by atoms with van der Waals surface area (Å²) in [6.07, 6.45) is 0. The standard InChI is InChI=1S/C11H12ClN3OS/c1-2-13-11-9(14-15-17-11)7-16-10-6-4-3-5-8(10)12/h3-6,13H,2,7H2,1H3. The highest BCUT2D eigenvalue weighted by Crippen LogP contribution is 2.25. The van der Waals surface area contributed by atoms with Crippen molar-refractivity contribution >= 4 is 28.1 Å². The van der Waals surface area contributed by atoms with Crippen LogP contribution in [-0.2, 0) is 6.61 Å². The van der Waals surface area contributed by atoms with Gasteiger partial charge < -0.3 is 10.1 Å². The summed E-state index contributed by atoms with van der Waals surface area (Å²) in [5, 5.41) is 8.75. The summed E-state index contributed by atoms with van der Waals surface area (Å²) >= 11 is 7.32. The molecule has 2 aromatic rings. The van der Waals surface area contributed by atoms with Crippen molar-refractivity contribution in [1.82, 2.24) is 9.59 Å². The second-order valence-electron chi connectivity index (χ2n) is 3.30. The Morgan fingerprint density at radius 3 is 3.00 bits per heavy atom. The summed E-state index contributed by atoms with van der Waals surface area (Å²) < 4.78 is 9.49. The first-order valence-electron chi connectivity index (χ1n) is 5.23. The molecule has 0 unspecified atom stereocenters. The molecule has 0 spiro atoms. The van der Waals surface area contributed by atoms with E-state index in [0.717, 1.165) is 17.2 Å². The number of ether oxygens (including phenoxy) is 1. The quantitative estimate of drug-likeness (QED) is 0.905. The largest absolute Gasteiger partial charge is 0.486 e. The Kier molecular flexibility index (Phi) is 4.17. The Balaban J connectivity index is 2.02. The Morgan fingerprint density at radius 1 is 1.41 bits per heavy atom. The molecule has 0 saturated carbocycles. The van der Waals surface area contributed by atoms with E-state index in [2.05, 4.69) is 14.9 Å². The lowest BCUT2D eigenvalue weighted by Crippen LogP contribution is -2.02. The van der Waals surface area contributed by atoms with E-state index < -0.39 is 0 Å². The van der Waals surface area contributed by atoms with Crippen LogP contribution >= 0.6 is 23.1 Å². The van der Waals surface area contributed by atoms with E-state index in [9.17, 15) is 0 Å². The van der Waals surface area contributed by atoms with Gasteiger partial charge in [0, 0.05) is 18.1 Å². The van der Waals surface area contributed by atoms with E-state index in [1.807, 2.05) is 25.1 Å². The van der Waals surface area contributed by atoms with Crippen LogP contribution in [0.5, 0.6) is 5.75 Å². The molecular formula is C11H12ClN3OS. The van der Waals surface area contributed by atoms with Crippen molar-refractivity contribution in [3.05, 3.63) is 35.0 Å². The molecule has 0 aliphatic heterocycles. The lowest BCUT2D eigenvalue weighted by molar-refractivity contribution is 0.302. The van der Waals surface area contributed by atoms with Gasteiger partial charge in [-0.3, -0.25) is 0 Å². The number of anilines is 1. The molecule has 90 valence electrons. The summed E-state index contributed by atoms with van der Waals surface area (Å²) in [5.41, 5.74) is 0.803. The number of aromatic nitrogens is 2. The minimum atomic E-state index is 0.364. The third-order valence-electron chi connectivity index (χ3n) is 2.09. The second-order valence-corrected chi connectivity index (χ2v) is 4.46. The fraction of sp³-hybridized carbons (Fsp3) is 0.273. The van der Waals surface area contributed by atoms with Gasteiger partial charge in [0.1, 0.15) is 23.1 Å². The number of benzene rings is 1. The van der Waals surface area contributed by atoms with E-state index in [1.54, 1.807) is 6.07 Å². The van der Waals surface area contributed by atoms with Gasteiger partial charge in [-0.15, -0.1) is 5.10 Å². The number of hydrogen-bond donors (Lipinski definition) is 1. The summed E-state index contributed by atoms with van der Waals surface area (Å²) in [7, 11) is 0. The molecule has 0 fully saturated rings. The lowest BCUT2D eigenvalue weighted by Gasteiger charge is -2.07. The molecule has 1 heterocycles. The molecule has 0 aliphatic rings. The monoisotopic (exact) mass is 269 g/mol. The maximum Gasteiger partial charge on any atom is 0.138 e. The van der Waals surface area contributed by atoms with Crippen LogP contribution in [0.25, 0.3) is 0 Å². The first-order valence-corrected chi connectivity index (χ1v) is 6.39. The van der Waals surface area contributed by atoms with Crippen LogP contribution in [0.3, 0.4) is 0 Å². The van der Waals surface area contributed by atoms with Crippen molar-refractivity contribution in [2.24, 2.45) is 0 Å². The maximum atomic E-state index is 5.99. The SMILES string of the molecule is CCNc1snnc1COc1ccccc1Cl.